The first-order valence-electron chi connectivity index (χ1n) is 6.32. The zero-order valence-electron chi connectivity index (χ0n) is 11.0. The van der Waals surface area contributed by atoms with Gasteiger partial charge in [0.15, 0.2) is 5.76 Å². The van der Waals surface area contributed by atoms with Gasteiger partial charge in [-0.05, 0) is 31.5 Å². The maximum Gasteiger partial charge on any atom is 0.166 e. The Hall–Kier alpha value is -1.85. The summed E-state index contributed by atoms with van der Waals surface area (Å²) in [5, 5.41) is 16.8. The Morgan fingerprint density at radius 2 is 2.21 bits per heavy atom. The van der Waals surface area contributed by atoms with Crippen LogP contribution in [0.5, 0.6) is 0 Å². The van der Waals surface area contributed by atoms with Gasteiger partial charge in [0.25, 0.3) is 0 Å². The summed E-state index contributed by atoms with van der Waals surface area (Å²) < 4.78 is 5.00. The zero-order valence-corrected chi connectivity index (χ0v) is 11.0. The Labute approximate surface area is 112 Å². The minimum Gasteiger partial charge on any atom is -0.399 e. The molecule has 0 bridgehead atoms. The molecule has 1 heterocycles. The average Bonchev–Trinajstić information content (AvgIpc) is 2.83. The monoisotopic (exact) mass is 261 g/mol. The molecule has 0 amide bonds. The number of nitrogens with two attached hydrogens (primary N) is 1. The highest BCUT2D eigenvalue weighted by Crippen LogP contribution is 2.13. The van der Waals surface area contributed by atoms with Crippen LogP contribution in [0.3, 0.4) is 0 Å². The Morgan fingerprint density at radius 1 is 1.42 bits per heavy atom. The fourth-order valence-electron chi connectivity index (χ4n) is 1.86. The molecule has 0 fully saturated rings. The summed E-state index contributed by atoms with van der Waals surface area (Å²) in [6.45, 7) is 3.01. The second kappa shape index (κ2) is 6.36. The molecule has 0 radical (unpaired) electrons. The Morgan fingerprint density at radius 3 is 2.89 bits per heavy atom. The molecule has 1 unspecified atom stereocenters. The third kappa shape index (κ3) is 3.81. The average molecular weight is 261 g/mol. The van der Waals surface area contributed by atoms with Crippen LogP contribution in [0.25, 0.3) is 0 Å². The molecule has 0 spiro atoms. The van der Waals surface area contributed by atoms with Gasteiger partial charge in [0.2, 0.25) is 0 Å². The molecule has 1 aromatic carbocycles. The lowest BCUT2D eigenvalue weighted by Gasteiger charge is -2.09. The van der Waals surface area contributed by atoms with Crippen LogP contribution in [0.4, 0.5) is 5.69 Å². The minimum atomic E-state index is -0.672. The Kier molecular flexibility index (Phi) is 4.54. The molecule has 0 saturated heterocycles. The summed E-state index contributed by atoms with van der Waals surface area (Å²) in [6.07, 6.45) is 0.156. The lowest BCUT2D eigenvalue weighted by molar-refractivity contribution is 0.138. The number of nitrogen functional groups attached to an aromatic ring is 1. The van der Waals surface area contributed by atoms with E-state index in [0.717, 1.165) is 29.9 Å². The maximum atomic E-state index is 9.86. The highest BCUT2D eigenvalue weighted by Gasteiger charge is 2.12. The number of hydrogen-bond donors (Lipinski definition) is 3. The van der Waals surface area contributed by atoms with Gasteiger partial charge in [0, 0.05) is 18.3 Å². The number of benzene rings is 1. The standard InChI is InChI=1S/C14H19N3O2/c1-10-8-14(19-17-10)13(18)9-16-7-6-11-4-2-3-5-12(11)15/h2-5,8,13,16,18H,6-7,9,15H2,1H3. The minimum absolute atomic E-state index is 0.432. The third-order valence-corrected chi connectivity index (χ3v) is 2.94. The number of aliphatic hydroxyl groups excluding tert-OH is 1. The van der Waals surface area contributed by atoms with Crippen molar-refractivity contribution in [2.45, 2.75) is 19.4 Å². The lowest BCUT2D eigenvalue weighted by atomic mass is 10.1. The van der Waals surface area contributed by atoms with E-state index in [1.54, 1.807) is 6.07 Å². The van der Waals surface area contributed by atoms with Gasteiger partial charge < -0.3 is 20.7 Å². The number of para-hydroxylation sites is 1. The summed E-state index contributed by atoms with van der Waals surface area (Å²) in [5.74, 6) is 0.490. The quantitative estimate of drug-likeness (QED) is 0.541. The summed E-state index contributed by atoms with van der Waals surface area (Å²) in [6, 6.07) is 9.52. The molecule has 0 aliphatic rings. The van der Waals surface area contributed by atoms with Gasteiger partial charge in [-0.1, -0.05) is 23.4 Å². The number of hydrogen-bond acceptors (Lipinski definition) is 5. The van der Waals surface area contributed by atoms with Crippen molar-refractivity contribution in [2.24, 2.45) is 0 Å². The fraction of sp³-hybridized carbons (Fsp3) is 0.357. The van der Waals surface area contributed by atoms with E-state index in [2.05, 4.69) is 10.5 Å². The van der Waals surface area contributed by atoms with Gasteiger partial charge in [0.1, 0.15) is 6.10 Å². The number of nitrogens with one attached hydrogen (secondary N) is 1. The Balaban J connectivity index is 1.74. The van der Waals surface area contributed by atoms with Crippen LogP contribution in [-0.2, 0) is 6.42 Å². The Bertz CT molecular complexity index is 525. The van der Waals surface area contributed by atoms with Crippen LogP contribution in [0.1, 0.15) is 23.1 Å². The molecule has 5 heteroatoms. The number of aryl methyl sites for hydroxylation is 1. The smallest absolute Gasteiger partial charge is 0.166 e. The van der Waals surface area contributed by atoms with Crippen LogP contribution in [0.2, 0.25) is 0 Å². The third-order valence-electron chi connectivity index (χ3n) is 2.94. The summed E-state index contributed by atoms with van der Waals surface area (Å²) in [4.78, 5) is 0. The first-order chi connectivity index (χ1) is 9.16. The second-order valence-electron chi connectivity index (χ2n) is 4.54. The van der Waals surface area contributed by atoms with Gasteiger partial charge in [0.05, 0.1) is 5.69 Å². The van der Waals surface area contributed by atoms with E-state index in [1.807, 2.05) is 31.2 Å². The molecule has 2 rings (SSSR count). The van der Waals surface area contributed by atoms with Gasteiger partial charge >= 0.3 is 0 Å². The molecule has 19 heavy (non-hydrogen) atoms. The van der Waals surface area contributed by atoms with Crippen LogP contribution in [0, 0.1) is 6.92 Å². The summed E-state index contributed by atoms with van der Waals surface area (Å²) in [5.41, 5.74) is 8.54. The molecule has 0 saturated carbocycles. The maximum absolute atomic E-state index is 9.86. The van der Waals surface area contributed by atoms with Crippen LogP contribution in [-0.4, -0.2) is 23.4 Å². The van der Waals surface area contributed by atoms with E-state index in [4.69, 9.17) is 10.3 Å². The highest BCUT2D eigenvalue weighted by molar-refractivity contribution is 5.46. The number of aliphatic hydroxyl groups is 1. The number of rotatable bonds is 6. The lowest BCUT2D eigenvalue weighted by Crippen LogP contribution is -2.23. The van der Waals surface area contributed by atoms with E-state index in [-0.39, 0.29) is 0 Å². The number of nitrogens with zero attached hydrogens (tertiary/aromatic N) is 1. The first kappa shape index (κ1) is 13.6. The van der Waals surface area contributed by atoms with Crippen molar-refractivity contribution in [3.63, 3.8) is 0 Å². The molecule has 1 aromatic heterocycles. The van der Waals surface area contributed by atoms with E-state index in [9.17, 15) is 5.11 Å². The fourth-order valence-corrected chi connectivity index (χ4v) is 1.86. The van der Waals surface area contributed by atoms with Crippen molar-refractivity contribution in [1.82, 2.24) is 10.5 Å². The van der Waals surface area contributed by atoms with E-state index < -0.39 is 6.10 Å². The molecule has 4 N–H and O–H groups in total. The second-order valence-corrected chi connectivity index (χ2v) is 4.54. The zero-order chi connectivity index (χ0) is 13.7. The first-order valence-corrected chi connectivity index (χ1v) is 6.32. The molecule has 5 nitrogen and oxygen atoms in total. The molecule has 0 aliphatic heterocycles. The van der Waals surface area contributed by atoms with Crippen molar-refractivity contribution < 1.29 is 9.63 Å². The summed E-state index contributed by atoms with van der Waals surface area (Å²) in [7, 11) is 0. The van der Waals surface area contributed by atoms with Crippen molar-refractivity contribution >= 4 is 5.69 Å². The molecule has 0 aliphatic carbocycles. The SMILES string of the molecule is Cc1cc(C(O)CNCCc2ccccc2N)on1. The largest absolute Gasteiger partial charge is 0.399 e. The predicted molar refractivity (Wildman–Crippen MR) is 73.6 cm³/mol. The van der Waals surface area contributed by atoms with E-state index in [0.29, 0.717) is 12.3 Å². The van der Waals surface area contributed by atoms with Crippen LogP contribution >= 0.6 is 0 Å². The topological polar surface area (TPSA) is 84.3 Å². The van der Waals surface area contributed by atoms with E-state index in [1.165, 1.54) is 0 Å². The van der Waals surface area contributed by atoms with Crippen molar-refractivity contribution in [2.75, 3.05) is 18.8 Å². The van der Waals surface area contributed by atoms with E-state index >= 15 is 0 Å². The van der Waals surface area contributed by atoms with Crippen molar-refractivity contribution in [3.8, 4) is 0 Å². The van der Waals surface area contributed by atoms with Gasteiger partial charge in [-0.15, -0.1) is 0 Å². The van der Waals surface area contributed by atoms with Crippen LogP contribution < -0.4 is 11.1 Å². The molecule has 1 atom stereocenters. The van der Waals surface area contributed by atoms with Gasteiger partial charge in [-0.3, -0.25) is 0 Å². The summed E-state index contributed by atoms with van der Waals surface area (Å²) >= 11 is 0. The normalized spacial score (nSPS) is 12.5. The van der Waals surface area contributed by atoms with Crippen molar-refractivity contribution in [3.05, 3.63) is 47.3 Å². The van der Waals surface area contributed by atoms with Gasteiger partial charge in [-0.2, -0.15) is 0 Å². The predicted octanol–water partition coefficient (Wildman–Crippen LogP) is 1.43. The van der Waals surface area contributed by atoms with Crippen molar-refractivity contribution in [1.29, 1.82) is 0 Å². The molecular weight excluding hydrogens is 242 g/mol. The number of anilines is 1. The van der Waals surface area contributed by atoms with Crippen LogP contribution in [0.15, 0.2) is 34.9 Å². The molecular formula is C14H19N3O2. The van der Waals surface area contributed by atoms with Gasteiger partial charge in [-0.25, -0.2) is 0 Å². The number of aromatic nitrogens is 1. The highest BCUT2D eigenvalue weighted by atomic mass is 16.5. The molecule has 102 valence electrons. The molecule has 2 aromatic rings.